The normalized spacial score (nSPS) is 10.8. The Labute approximate surface area is 173 Å². The number of nitrogens with zero attached hydrogens (tertiary/aromatic N) is 3. The number of ether oxygens (including phenoxy) is 1. The maximum Gasteiger partial charge on any atom is 0.316 e. The molecular formula is C21H23N3O2S2. The van der Waals surface area contributed by atoms with Gasteiger partial charge in [0.25, 0.3) is 0 Å². The van der Waals surface area contributed by atoms with E-state index in [0.29, 0.717) is 18.3 Å². The largest absolute Gasteiger partial charge is 0.465 e. The van der Waals surface area contributed by atoms with Crippen molar-refractivity contribution in [3.63, 3.8) is 0 Å². The van der Waals surface area contributed by atoms with Crippen LogP contribution in [0.15, 0.2) is 47.5 Å². The summed E-state index contributed by atoms with van der Waals surface area (Å²) in [5, 5.41) is 11.6. The number of carbonyl (C=O) groups is 1. The highest BCUT2D eigenvalue weighted by Gasteiger charge is 2.20. The monoisotopic (exact) mass is 413 g/mol. The van der Waals surface area contributed by atoms with E-state index in [9.17, 15) is 4.79 Å². The van der Waals surface area contributed by atoms with Crippen LogP contribution in [0.1, 0.15) is 17.4 Å². The molecule has 0 aliphatic carbocycles. The van der Waals surface area contributed by atoms with Crippen LogP contribution in [0.25, 0.3) is 22.5 Å². The highest BCUT2D eigenvalue weighted by Crippen LogP contribution is 2.39. The third-order valence-corrected chi connectivity index (χ3v) is 6.06. The molecule has 0 atom stereocenters. The Morgan fingerprint density at radius 3 is 2.71 bits per heavy atom. The van der Waals surface area contributed by atoms with Gasteiger partial charge in [0, 0.05) is 27.9 Å². The fourth-order valence-electron chi connectivity index (χ4n) is 2.91. The Kier molecular flexibility index (Phi) is 6.70. The van der Waals surface area contributed by atoms with E-state index < -0.39 is 0 Å². The zero-order chi connectivity index (χ0) is 20.1. The number of aromatic nitrogens is 3. The lowest BCUT2D eigenvalue weighted by atomic mass is 10.0. The summed E-state index contributed by atoms with van der Waals surface area (Å²) >= 11 is 3.03. The van der Waals surface area contributed by atoms with Crippen LogP contribution in [-0.4, -0.2) is 33.1 Å². The second-order valence-electron chi connectivity index (χ2n) is 6.25. The van der Waals surface area contributed by atoms with E-state index in [1.165, 1.54) is 27.8 Å². The van der Waals surface area contributed by atoms with Crippen molar-refractivity contribution in [3.05, 3.63) is 52.7 Å². The molecule has 0 spiro atoms. The molecule has 0 unspecified atom stereocenters. The van der Waals surface area contributed by atoms with Crippen molar-refractivity contribution in [2.75, 3.05) is 12.4 Å². The van der Waals surface area contributed by atoms with E-state index >= 15 is 0 Å². The Hall–Kier alpha value is -2.38. The highest BCUT2D eigenvalue weighted by molar-refractivity contribution is 7.99. The van der Waals surface area contributed by atoms with Crippen LogP contribution >= 0.6 is 23.1 Å². The summed E-state index contributed by atoms with van der Waals surface area (Å²) in [6.45, 7) is 10.8. The number of allylic oxidation sites excluding steroid dienone is 1. The molecule has 0 radical (unpaired) electrons. The SMILES string of the molecule is C=CCn1c(SCC(=O)OCC)nnc1-c1csc(C)c1-c1ccc(C)cc1. The van der Waals surface area contributed by atoms with Gasteiger partial charge < -0.3 is 4.74 Å². The molecule has 2 aromatic heterocycles. The van der Waals surface area contributed by atoms with Crippen LogP contribution in [0.5, 0.6) is 0 Å². The number of thioether (sulfide) groups is 1. The van der Waals surface area contributed by atoms with Crippen LogP contribution in [0.2, 0.25) is 0 Å². The van der Waals surface area contributed by atoms with Crippen LogP contribution in [0.3, 0.4) is 0 Å². The number of thiophene rings is 1. The van der Waals surface area contributed by atoms with Gasteiger partial charge in [-0.15, -0.1) is 28.1 Å². The summed E-state index contributed by atoms with van der Waals surface area (Å²) in [5.74, 6) is 0.733. The molecule has 3 aromatic rings. The molecular weight excluding hydrogens is 390 g/mol. The molecule has 0 aliphatic rings. The van der Waals surface area contributed by atoms with Gasteiger partial charge in [0.1, 0.15) is 0 Å². The third kappa shape index (κ3) is 4.36. The lowest BCUT2D eigenvalue weighted by molar-refractivity contribution is -0.139. The van der Waals surface area contributed by atoms with Crippen molar-refractivity contribution in [1.82, 2.24) is 14.8 Å². The molecule has 0 saturated heterocycles. The first-order valence-corrected chi connectivity index (χ1v) is 10.9. The van der Waals surface area contributed by atoms with Gasteiger partial charge in [-0.05, 0) is 26.3 Å². The van der Waals surface area contributed by atoms with Crippen molar-refractivity contribution < 1.29 is 9.53 Å². The summed E-state index contributed by atoms with van der Waals surface area (Å²) in [6.07, 6.45) is 1.81. The first kappa shape index (κ1) is 20.4. The van der Waals surface area contributed by atoms with Gasteiger partial charge in [0.2, 0.25) is 0 Å². The Morgan fingerprint density at radius 1 is 1.29 bits per heavy atom. The fourth-order valence-corrected chi connectivity index (χ4v) is 4.52. The Balaban J connectivity index is 1.99. The number of benzene rings is 1. The minimum atomic E-state index is -0.256. The maximum atomic E-state index is 11.7. The minimum Gasteiger partial charge on any atom is -0.465 e. The molecule has 0 amide bonds. The van der Waals surface area contributed by atoms with Gasteiger partial charge in [-0.3, -0.25) is 9.36 Å². The summed E-state index contributed by atoms with van der Waals surface area (Å²) in [4.78, 5) is 12.9. The van der Waals surface area contributed by atoms with Gasteiger partial charge in [0.05, 0.1) is 12.4 Å². The summed E-state index contributed by atoms with van der Waals surface area (Å²) in [7, 11) is 0. The van der Waals surface area contributed by atoms with Crippen molar-refractivity contribution in [1.29, 1.82) is 0 Å². The van der Waals surface area contributed by atoms with Crippen molar-refractivity contribution in [3.8, 4) is 22.5 Å². The van der Waals surface area contributed by atoms with E-state index in [1.807, 2.05) is 10.6 Å². The second kappa shape index (κ2) is 9.21. The smallest absolute Gasteiger partial charge is 0.316 e. The number of aryl methyl sites for hydroxylation is 2. The lowest BCUT2D eigenvalue weighted by Crippen LogP contribution is -2.08. The molecule has 0 saturated carbocycles. The number of rotatable bonds is 8. The number of carbonyl (C=O) groups excluding carboxylic acids is 1. The molecule has 7 heteroatoms. The minimum absolute atomic E-state index is 0.205. The second-order valence-corrected chi connectivity index (χ2v) is 8.27. The zero-order valence-corrected chi connectivity index (χ0v) is 17.9. The lowest BCUT2D eigenvalue weighted by Gasteiger charge is -2.10. The molecule has 146 valence electrons. The van der Waals surface area contributed by atoms with Gasteiger partial charge in [-0.1, -0.05) is 47.7 Å². The molecule has 0 aliphatic heterocycles. The Bertz CT molecular complexity index is 974. The predicted octanol–water partition coefficient (Wildman–Crippen LogP) is 5.13. The average molecular weight is 414 g/mol. The molecule has 2 heterocycles. The fraction of sp³-hybridized carbons (Fsp3) is 0.286. The maximum absolute atomic E-state index is 11.7. The van der Waals surface area contributed by atoms with E-state index in [2.05, 4.69) is 60.3 Å². The predicted molar refractivity (Wildman–Crippen MR) is 116 cm³/mol. The molecule has 28 heavy (non-hydrogen) atoms. The number of esters is 1. The van der Waals surface area contributed by atoms with Gasteiger partial charge in [-0.2, -0.15) is 0 Å². The topological polar surface area (TPSA) is 57.0 Å². The van der Waals surface area contributed by atoms with Crippen LogP contribution < -0.4 is 0 Å². The first-order chi connectivity index (χ1) is 13.5. The molecule has 3 rings (SSSR count). The zero-order valence-electron chi connectivity index (χ0n) is 16.3. The molecule has 0 bridgehead atoms. The van der Waals surface area contributed by atoms with Crippen molar-refractivity contribution >= 4 is 29.1 Å². The molecule has 5 nitrogen and oxygen atoms in total. The van der Waals surface area contributed by atoms with E-state index in [4.69, 9.17) is 4.74 Å². The molecule has 0 fully saturated rings. The van der Waals surface area contributed by atoms with Gasteiger partial charge in [-0.25, -0.2) is 0 Å². The standard InChI is InChI=1S/C21H23N3O2S2/c1-5-11-24-20(22-23-21(24)28-13-18(25)26-6-2)17-12-27-15(4)19(17)16-9-7-14(3)8-10-16/h5,7-10,12H,1,6,11,13H2,2-4H3. The molecule has 0 N–H and O–H groups in total. The summed E-state index contributed by atoms with van der Waals surface area (Å²) in [5.41, 5.74) is 4.60. The van der Waals surface area contributed by atoms with Crippen LogP contribution in [0.4, 0.5) is 0 Å². The van der Waals surface area contributed by atoms with Gasteiger partial charge in [0.15, 0.2) is 11.0 Å². The molecule has 1 aromatic carbocycles. The average Bonchev–Trinajstić information content (AvgIpc) is 3.25. The quantitative estimate of drug-likeness (QED) is 0.291. The number of hydrogen-bond acceptors (Lipinski definition) is 6. The van der Waals surface area contributed by atoms with Crippen LogP contribution in [-0.2, 0) is 16.1 Å². The van der Waals surface area contributed by atoms with Gasteiger partial charge >= 0.3 is 5.97 Å². The summed E-state index contributed by atoms with van der Waals surface area (Å²) in [6, 6.07) is 8.51. The van der Waals surface area contributed by atoms with E-state index in [-0.39, 0.29) is 11.7 Å². The Morgan fingerprint density at radius 2 is 2.04 bits per heavy atom. The summed E-state index contributed by atoms with van der Waals surface area (Å²) < 4.78 is 7.01. The van der Waals surface area contributed by atoms with Crippen molar-refractivity contribution in [2.24, 2.45) is 0 Å². The van der Waals surface area contributed by atoms with E-state index in [1.54, 1.807) is 18.3 Å². The number of hydrogen-bond donors (Lipinski definition) is 0. The van der Waals surface area contributed by atoms with Crippen molar-refractivity contribution in [2.45, 2.75) is 32.5 Å². The van der Waals surface area contributed by atoms with Crippen LogP contribution in [0, 0.1) is 13.8 Å². The first-order valence-electron chi connectivity index (χ1n) is 9.03. The third-order valence-electron chi connectivity index (χ3n) is 4.21. The highest BCUT2D eigenvalue weighted by atomic mass is 32.2. The van der Waals surface area contributed by atoms with E-state index in [0.717, 1.165) is 17.0 Å².